The van der Waals surface area contributed by atoms with Crippen molar-refractivity contribution in [1.82, 2.24) is 10.6 Å². The Hall–Kier alpha value is -1.35. The van der Waals surface area contributed by atoms with Crippen LogP contribution in [0, 0.1) is 11.3 Å². The summed E-state index contributed by atoms with van der Waals surface area (Å²) in [6.45, 7) is 6.09. The molecule has 3 heteroatoms. The van der Waals surface area contributed by atoms with Crippen LogP contribution < -0.4 is 10.6 Å². The Morgan fingerprint density at radius 1 is 1.40 bits per heavy atom. The van der Waals surface area contributed by atoms with Gasteiger partial charge in [-0.05, 0) is 42.9 Å². The van der Waals surface area contributed by atoms with Gasteiger partial charge in [0.15, 0.2) is 0 Å². The van der Waals surface area contributed by atoms with Gasteiger partial charge in [0, 0.05) is 6.54 Å². The summed E-state index contributed by atoms with van der Waals surface area (Å²) in [5.41, 5.74) is 2.48. The summed E-state index contributed by atoms with van der Waals surface area (Å²) >= 11 is 0. The van der Waals surface area contributed by atoms with Crippen molar-refractivity contribution in [2.24, 2.45) is 11.3 Å². The number of benzene rings is 1. The summed E-state index contributed by atoms with van der Waals surface area (Å²) in [6, 6.07) is 8.69. The predicted octanol–water partition coefficient (Wildman–Crippen LogP) is 2.43. The predicted molar refractivity (Wildman–Crippen MR) is 80.4 cm³/mol. The lowest BCUT2D eigenvalue weighted by molar-refractivity contribution is -0.133. The van der Waals surface area contributed by atoms with E-state index in [-0.39, 0.29) is 17.4 Å². The first-order valence-electron chi connectivity index (χ1n) is 7.73. The maximum Gasteiger partial charge on any atom is 0.228 e. The molecule has 0 radical (unpaired) electrons. The Kier molecular flexibility index (Phi) is 3.55. The van der Waals surface area contributed by atoms with Crippen LogP contribution >= 0.6 is 0 Å². The third-order valence-electron chi connectivity index (χ3n) is 5.18. The van der Waals surface area contributed by atoms with E-state index >= 15 is 0 Å². The highest BCUT2D eigenvalue weighted by Gasteiger charge is 2.44. The number of amides is 1. The topological polar surface area (TPSA) is 41.1 Å². The number of fused-ring (bicyclic) bond motifs is 1. The SMILES string of the molecule is CC(C)C1(C(=O)NC2CCc3ccccc32)CCNC1. The van der Waals surface area contributed by atoms with Crippen molar-refractivity contribution in [2.75, 3.05) is 13.1 Å². The minimum atomic E-state index is -0.225. The van der Waals surface area contributed by atoms with Crippen LogP contribution in [0.1, 0.15) is 43.9 Å². The van der Waals surface area contributed by atoms with Crippen molar-refractivity contribution in [3.05, 3.63) is 35.4 Å². The number of hydrogen-bond donors (Lipinski definition) is 2. The first-order chi connectivity index (χ1) is 9.63. The highest BCUT2D eigenvalue weighted by atomic mass is 16.2. The van der Waals surface area contributed by atoms with Crippen molar-refractivity contribution in [3.8, 4) is 0 Å². The fourth-order valence-corrected chi connectivity index (χ4v) is 3.67. The molecular weight excluding hydrogens is 248 g/mol. The van der Waals surface area contributed by atoms with E-state index in [2.05, 4.69) is 48.7 Å². The second-order valence-corrected chi connectivity index (χ2v) is 6.50. The van der Waals surface area contributed by atoms with Gasteiger partial charge in [-0.25, -0.2) is 0 Å². The number of carbonyl (C=O) groups excluding carboxylic acids is 1. The van der Waals surface area contributed by atoms with Gasteiger partial charge in [-0.15, -0.1) is 0 Å². The highest BCUT2D eigenvalue weighted by molar-refractivity contribution is 5.84. The Bertz CT molecular complexity index is 503. The van der Waals surface area contributed by atoms with Gasteiger partial charge in [0.05, 0.1) is 11.5 Å². The highest BCUT2D eigenvalue weighted by Crippen LogP contribution is 2.37. The maximum atomic E-state index is 12.8. The Morgan fingerprint density at radius 3 is 2.90 bits per heavy atom. The van der Waals surface area contributed by atoms with Gasteiger partial charge in [-0.1, -0.05) is 38.1 Å². The molecule has 0 bridgehead atoms. The molecule has 1 fully saturated rings. The van der Waals surface area contributed by atoms with Gasteiger partial charge in [0.25, 0.3) is 0 Å². The zero-order valence-corrected chi connectivity index (χ0v) is 12.4. The quantitative estimate of drug-likeness (QED) is 0.887. The average Bonchev–Trinajstić information content (AvgIpc) is 3.07. The van der Waals surface area contributed by atoms with Crippen LogP contribution in [0.25, 0.3) is 0 Å². The fourth-order valence-electron chi connectivity index (χ4n) is 3.67. The molecule has 1 amide bonds. The molecule has 3 nitrogen and oxygen atoms in total. The number of rotatable bonds is 3. The summed E-state index contributed by atoms with van der Waals surface area (Å²) < 4.78 is 0. The lowest BCUT2D eigenvalue weighted by Crippen LogP contribution is -2.46. The Balaban J connectivity index is 1.77. The molecule has 2 N–H and O–H groups in total. The van der Waals surface area contributed by atoms with E-state index in [1.54, 1.807) is 0 Å². The summed E-state index contributed by atoms with van der Waals surface area (Å²) in [4.78, 5) is 12.8. The van der Waals surface area contributed by atoms with E-state index < -0.39 is 0 Å². The van der Waals surface area contributed by atoms with E-state index in [4.69, 9.17) is 0 Å². The van der Waals surface area contributed by atoms with E-state index in [9.17, 15) is 4.79 Å². The first kappa shape index (κ1) is 13.6. The molecule has 0 aromatic heterocycles. The molecule has 1 aromatic rings. The van der Waals surface area contributed by atoms with E-state index in [1.165, 1.54) is 11.1 Å². The maximum absolute atomic E-state index is 12.8. The lowest BCUT2D eigenvalue weighted by Gasteiger charge is -2.32. The third-order valence-corrected chi connectivity index (χ3v) is 5.18. The smallest absolute Gasteiger partial charge is 0.228 e. The van der Waals surface area contributed by atoms with Crippen LogP contribution in [0.3, 0.4) is 0 Å². The van der Waals surface area contributed by atoms with E-state index in [0.717, 1.165) is 32.4 Å². The van der Waals surface area contributed by atoms with Crippen LogP contribution in [0.5, 0.6) is 0 Å². The van der Waals surface area contributed by atoms with Crippen molar-refractivity contribution >= 4 is 5.91 Å². The molecule has 2 unspecified atom stereocenters. The minimum absolute atomic E-state index is 0.204. The summed E-state index contributed by atoms with van der Waals surface area (Å²) in [7, 11) is 0. The molecular formula is C17H24N2O. The molecule has 1 saturated heterocycles. The minimum Gasteiger partial charge on any atom is -0.349 e. The van der Waals surface area contributed by atoms with E-state index in [0.29, 0.717) is 5.92 Å². The van der Waals surface area contributed by atoms with Crippen molar-refractivity contribution < 1.29 is 4.79 Å². The molecule has 1 aliphatic heterocycles. The molecule has 1 aromatic carbocycles. The Morgan fingerprint density at radius 2 is 2.20 bits per heavy atom. The lowest BCUT2D eigenvalue weighted by atomic mass is 9.75. The number of nitrogens with one attached hydrogen (secondary N) is 2. The van der Waals surface area contributed by atoms with Crippen molar-refractivity contribution in [1.29, 1.82) is 0 Å². The van der Waals surface area contributed by atoms with Gasteiger partial charge < -0.3 is 10.6 Å². The van der Waals surface area contributed by atoms with Gasteiger partial charge in [-0.3, -0.25) is 4.79 Å². The van der Waals surface area contributed by atoms with Crippen LogP contribution in [-0.2, 0) is 11.2 Å². The van der Waals surface area contributed by atoms with Crippen molar-refractivity contribution in [2.45, 2.75) is 39.2 Å². The van der Waals surface area contributed by atoms with Gasteiger partial charge >= 0.3 is 0 Å². The van der Waals surface area contributed by atoms with Gasteiger partial charge in [-0.2, -0.15) is 0 Å². The summed E-state index contributed by atoms with van der Waals surface area (Å²) in [5, 5.41) is 6.68. The average molecular weight is 272 g/mol. The molecule has 0 saturated carbocycles. The van der Waals surface area contributed by atoms with Gasteiger partial charge in [0.2, 0.25) is 5.91 Å². The zero-order valence-electron chi connectivity index (χ0n) is 12.4. The molecule has 20 heavy (non-hydrogen) atoms. The van der Waals surface area contributed by atoms with E-state index in [1.807, 2.05) is 0 Å². The van der Waals surface area contributed by atoms with Crippen LogP contribution in [0.15, 0.2) is 24.3 Å². The largest absolute Gasteiger partial charge is 0.349 e. The van der Waals surface area contributed by atoms with Crippen molar-refractivity contribution in [3.63, 3.8) is 0 Å². The molecule has 2 aliphatic rings. The number of hydrogen-bond acceptors (Lipinski definition) is 2. The van der Waals surface area contributed by atoms with Gasteiger partial charge in [0.1, 0.15) is 0 Å². The normalized spacial score (nSPS) is 28.6. The molecule has 2 atom stereocenters. The number of aryl methyl sites for hydroxylation is 1. The standard InChI is InChI=1S/C17H24N2O/c1-12(2)17(9-10-18-11-17)16(20)19-15-8-7-13-5-3-4-6-14(13)15/h3-6,12,15,18H,7-11H2,1-2H3,(H,19,20). The zero-order chi connectivity index (χ0) is 14.2. The second-order valence-electron chi connectivity index (χ2n) is 6.50. The van der Waals surface area contributed by atoms with Crippen LogP contribution in [-0.4, -0.2) is 19.0 Å². The van der Waals surface area contributed by atoms with Crippen LogP contribution in [0.4, 0.5) is 0 Å². The molecule has 3 rings (SSSR count). The summed E-state index contributed by atoms with van der Waals surface area (Å²) in [5.74, 6) is 0.605. The number of carbonyl (C=O) groups is 1. The molecule has 1 aliphatic carbocycles. The molecule has 108 valence electrons. The molecule has 0 spiro atoms. The van der Waals surface area contributed by atoms with Crippen LogP contribution in [0.2, 0.25) is 0 Å². The second kappa shape index (κ2) is 5.21. The first-order valence-corrected chi connectivity index (χ1v) is 7.73. The molecule has 1 heterocycles. The fraction of sp³-hybridized carbons (Fsp3) is 0.588. The monoisotopic (exact) mass is 272 g/mol. The summed E-state index contributed by atoms with van der Waals surface area (Å²) in [6.07, 6.45) is 3.06. The third kappa shape index (κ3) is 2.14. The Labute approximate surface area is 121 Å².